The maximum atomic E-state index is 4.19. The first kappa shape index (κ1) is 11.5. The zero-order chi connectivity index (χ0) is 9.10. The van der Waals surface area contributed by atoms with Gasteiger partial charge in [-0.05, 0) is 26.3 Å². The quantitative estimate of drug-likeness (QED) is 0.820. The van der Waals surface area contributed by atoms with Crippen LogP contribution in [0.2, 0.25) is 0 Å². The number of imidazole rings is 1. The van der Waals surface area contributed by atoms with Crippen LogP contribution < -0.4 is 5.32 Å². The highest BCUT2D eigenvalue weighted by Gasteiger charge is 2.17. The Morgan fingerprint density at radius 3 is 3.07 bits per heavy atom. The molecule has 1 N–H and O–H groups in total. The molecule has 2 rings (SSSR count). The van der Waals surface area contributed by atoms with Crippen molar-refractivity contribution in [3.8, 4) is 0 Å². The normalized spacial score (nSPS) is 21.6. The fourth-order valence-electron chi connectivity index (χ4n) is 1.99. The van der Waals surface area contributed by atoms with E-state index in [0.717, 1.165) is 13.1 Å². The van der Waals surface area contributed by atoms with Crippen molar-refractivity contribution in [1.29, 1.82) is 0 Å². The molecule has 1 aliphatic rings. The molecule has 80 valence electrons. The SMILES string of the molecule is CCn1cncc1C1CCCCN1.Cl. The van der Waals surface area contributed by atoms with Crippen molar-refractivity contribution >= 4 is 12.4 Å². The minimum atomic E-state index is 0. The van der Waals surface area contributed by atoms with Crippen molar-refractivity contribution in [3.05, 3.63) is 18.2 Å². The molecule has 1 fully saturated rings. The lowest BCUT2D eigenvalue weighted by molar-refractivity contribution is 0.394. The van der Waals surface area contributed by atoms with E-state index in [0.29, 0.717) is 6.04 Å². The van der Waals surface area contributed by atoms with Crippen LogP contribution in [0, 0.1) is 0 Å². The Labute approximate surface area is 91.3 Å². The fourth-order valence-corrected chi connectivity index (χ4v) is 1.99. The van der Waals surface area contributed by atoms with Crippen molar-refractivity contribution in [3.63, 3.8) is 0 Å². The first-order valence-electron chi connectivity index (χ1n) is 5.15. The van der Waals surface area contributed by atoms with Gasteiger partial charge in [-0.1, -0.05) is 6.42 Å². The molecular weight excluding hydrogens is 198 g/mol. The van der Waals surface area contributed by atoms with Gasteiger partial charge in [0, 0.05) is 18.8 Å². The predicted molar refractivity (Wildman–Crippen MR) is 59.7 cm³/mol. The lowest BCUT2D eigenvalue weighted by Crippen LogP contribution is -2.28. The van der Waals surface area contributed by atoms with Crippen molar-refractivity contribution in [1.82, 2.24) is 14.9 Å². The van der Waals surface area contributed by atoms with Gasteiger partial charge in [-0.15, -0.1) is 12.4 Å². The van der Waals surface area contributed by atoms with Crippen LogP contribution in [-0.4, -0.2) is 16.1 Å². The zero-order valence-corrected chi connectivity index (χ0v) is 9.39. The molecule has 1 unspecified atom stereocenters. The average molecular weight is 216 g/mol. The van der Waals surface area contributed by atoms with Gasteiger partial charge in [0.2, 0.25) is 0 Å². The highest BCUT2D eigenvalue weighted by molar-refractivity contribution is 5.85. The highest BCUT2D eigenvalue weighted by Crippen LogP contribution is 2.22. The number of nitrogens with zero attached hydrogens (tertiary/aromatic N) is 2. The van der Waals surface area contributed by atoms with Gasteiger partial charge < -0.3 is 9.88 Å². The topological polar surface area (TPSA) is 29.9 Å². The predicted octanol–water partition coefficient (Wildman–Crippen LogP) is 2.14. The Bertz CT molecular complexity index is 266. The van der Waals surface area contributed by atoms with Crippen LogP contribution in [0.5, 0.6) is 0 Å². The number of aryl methyl sites for hydroxylation is 1. The Kier molecular flexibility index (Phi) is 4.42. The fraction of sp³-hybridized carbons (Fsp3) is 0.700. The van der Waals surface area contributed by atoms with Crippen LogP contribution in [-0.2, 0) is 6.54 Å². The molecule has 0 spiro atoms. The van der Waals surface area contributed by atoms with Crippen LogP contribution in [0.4, 0.5) is 0 Å². The third kappa shape index (κ3) is 2.28. The summed E-state index contributed by atoms with van der Waals surface area (Å²) in [6, 6.07) is 0.538. The molecule has 0 bridgehead atoms. The van der Waals surface area contributed by atoms with E-state index in [1.165, 1.54) is 25.0 Å². The van der Waals surface area contributed by atoms with Gasteiger partial charge in [-0.25, -0.2) is 4.98 Å². The van der Waals surface area contributed by atoms with E-state index in [1.807, 2.05) is 12.5 Å². The van der Waals surface area contributed by atoms with Gasteiger partial charge >= 0.3 is 0 Å². The zero-order valence-electron chi connectivity index (χ0n) is 8.57. The van der Waals surface area contributed by atoms with Crippen LogP contribution in [0.15, 0.2) is 12.5 Å². The second kappa shape index (κ2) is 5.37. The number of hydrogen-bond acceptors (Lipinski definition) is 2. The van der Waals surface area contributed by atoms with Gasteiger partial charge in [0.1, 0.15) is 0 Å². The van der Waals surface area contributed by atoms with E-state index in [9.17, 15) is 0 Å². The number of nitrogens with one attached hydrogen (secondary N) is 1. The summed E-state index contributed by atoms with van der Waals surface area (Å²) in [7, 11) is 0. The number of rotatable bonds is 2. The van der Waals surface area contributed by atoms with E-state index in [4.69, 9.17) is 0 Å². The van der Waals surface area contributed by atoms with E-state index in [2.05, 4.69) is 21.8 Å². The minimum Gasteiger partial charge on any atom is -0.333 e. The Hall–Kier alpha value is -0.540. The van der Waals surface area contributed by atoms with Crippen molar-refractivity contribution in [2.75, 3.05) is 6.54 Å². The van der Waals surface area contributed by atoms with Crippen molar-refractivity contribution in [2.24, 2.45) is 0 Å². The highest BCUT2D eigenvalue weighted by atomic mass is 35.5. The second-order valence-corrected chi connectivity index (χ2v) is 3.61. The molecule has 0 aliphatic carbocycles. The molecule has 4 heteroatoms. The summed E-state index contributed by atoms with van der Waals surface area (Å²) >= 11 is 0. The summed E-state index contributed by atoms with van der Waals surface area (Å²) in [5, 5.41) is 3.54. The monoisotopic (exact) mass is 215 g/mol. The molecule has 3 nitrogen and oxygen atoms in total. The van der Waals surface area contributed by atoms with Gasteiger partial charge in [0.25, 0.3) is 0 Å². The number of halogens is 1. The molecule has 0 aromatic carbocycles. The average Bonchev–Trinajstić information content (AvgIpc) is 2.67. The first-order chi connectivity index (χ1) is 6.42. The lowest BCUT2D eigenvalue weighted by Gasteiger charge is -2.24. The smallest absolute Gasteiger partial charge is 0.0948 e. The summed E-state index contributed by atoms with van der Waals surface area (Å²) < 4.78 is 2.23. The van der Waals surface area contributed by atoms with Gasteiger partial charge in [-0.3, -0.25) is 0 Å². The van der Waals surface area contributed by atoms with Crippen LogP contribution in [0.25, 0.3) is 0 Å². The molecule has 0 radical (unpaired) electrons. The molecule has 1 aromatic heterocycles. The number of hydrogen-bond donors (Lipinski definition) is 1. The summed E-state index contributed by atoms with van der Waals surface area (Å²) in [5.41, 5.74) is 1.35. The van der Waals surface area contributed by atoms with E-state index in [-0.39, 0.29) is 12.4 Å². The van der Waals surface area contributed by atoms with Crippen LogP contribution in [0.1, 0.15) is 37.9 Å². The molecule has 1 saturated heterocycles. The third-order valence-corrected chi connectivity index (χ3v) is 2.75. The first-order valence-corrected chi connectivity index (χ1v) is 5.15. The molecule has 1 aromatic rings. The van der Waals surface area contributed by atoms with E-state index < -0.39 is 0 Å². The standard InChI is InChI=1S/C10H17N3.ClH/c1-2-13-8-11-7-10(13)9-5-3-4-6-12-9;/h7-9,12H,2-6H2,1H3;1H. The van der Waals surface area contributed by atoms with Gasteiger partial charge in [0.05, 0.1) is 12.0 Å². The lowest BCUT2D eigenvalue weighted by atomic mass is 10.0. The summed E-state index contributed by atoms with van der Waals surface area (Å²) in [6.45, 7) is 4.33. The van der Waals surface area contributed by atoms with Gasteiger partial charge in [0.15, 0.2) is 0 Å². The summed E-state index contributed by atoms with van der Waals surface area (Å²) in [6.07, 6.45) is 7.83. The third-order valence-electron chi connectivity index (χ3n) is 2.75. The maximum Gasteiger partial charge on any atom is 0.0948 e. The van der Waals surface area contributed by atoms with E-state index in [1.54, 1.807) is 0 Å². The molecule has 14 heavy (non-hydrogen) atoms. The number of piperidine rings is 1. The molecule has 0 amide bonds. The molecular formula is C10H18ClN3. The molecule has 2 heterocycles. The molecule has 1 aliphatic heterocycles. The largest absolute Gasteiger partial charge is 0.333 e. The Morgan fingerprint density at radius 2 is 2.43 bits per heavy atom. The van der Waals surface area contributed by atoms with E-state index >= 15 is 0 Å². The summed E-state index contributed by atoms with van der Waals surface area (Å²) in [4.78, 5) is 4.19. The summed E-state index contributed by atoms with van der Waals surface area (Å²) in [5.74, 6) is 0. The Balaban J connectivity index is 0.000000980. The Morgan fingerprint density at radius 1 is 1.57 bits per heavy atom. The second-order valence-electron chi connectivity index (χ2n) is 3.61. The van der Waals surface area contributed by atoms with Gasteiger partial charge in [-0.2, -0.15) is 0 Å². The van der Waals surface area contributed by atoms with Crippen LogP contribution >= 0.6 is 12.4 Å². The van der Waals surface area contributed by atoms with Crippen LogP contribution in [0.3, 0.4) is 0 Å². The number of aromatic nitrogens is 2. The van der Waals surface area contributed by atoms with Crippen molar-refractivity contribution < 1.29 is 0 Å². The molecule has 0 saturated carbocycles. The maximum absolute atomic E-state index is 4.19. The van der Waals surface area contributed by atoms with Crippen molar-refractivity contribution in [2.45, 2.75) is 38.8 Å². The minimum absolute atomic E-state index is 0. The molecule has 1 atom stereocenters.